The summed E-state index contributed by atoms with van der Waals surface area (Å²) < 4.78 is 18.4. The molecule has 0 unspecified atom stereocenters. The molecule has 0 saturated carbocycles. The number of amides is 1. The molecule has 0 aliphatic carbocycles. The maximum absolute atomic E-state index is 13.4. The fraction of sp³-hybridized carbons (Fsp3) is 0.375. The zero-order valence-electron chi connectivity index (χ0n) is 13.2. The Hall–Kier alpha value is -2.21. The van der Waals surface area contributed by atoms with Crippen LogP contribution >= 0.6 is 0 Å². The van der Waals surface area contributed by atoms with E-state index in [0.29, 0.717) is 23.6 Å². The molecule has 2 aromatic rings. The average Bonchev–Trinajstić information content (AvgIpc) is 2.83. The lowest BCUT2D eigenvalue weighted by molar-refractivity contribution is -0.135. The number of benzene rings is 1. The molecule has 0 fully saturated rings. The number of rotatable bonds is 5. The fourth-order valence-corrected chi connectivity index (χ4v) is 2.36. The van der Waals surface area contributed by atoms with Gasteiger partial charge in [-0.05, 0) is 38.7 Å². The van der Waals surface area contributed by atoms with Crippen LogP contribution in [0.3, 0.4) is 0 Å². The molecule has 1 amide bonds. The summed E-state index contributed by atoms with van der Waals surface area (Å²) in [6.07, 6.45) is 0. The third kappa shape index (κ3) is 3.71. The van der Waals surface area contributed by atoms with Crippen LogP contribution in [0.5, 0.6) is 0 Å². The van der Waals surface area contributed by atoms with Crippen molar-refractivity contribution in [3.63, 3.8) is 0 Å². The van der Waals surface area contributed by atoms with Crippen molar-refractivity contribution in [2.24, 2.45) is 0 Å². The van der Waals surface area contributed by atoms with E-state index in [9.17, 15) is 9.18 Å². The molecule has 1 heterocycles. The van der Waals surface area contributed by atoms with Crippen molar-refractivity contribution in [3.8, 4) is 0 Å². The molecule has 6 heteroatoms. The lowest BCUT2D eigenvalue weighted by Crippen LogP contribution is -2.38. The highest BCUT2D eigenvalue weighted by molar-refractivity contribution is 5.83. The summed E-state index contributed by atoms with van der Waals surface area (Å²) in [7, 11) is 5.28. The van der Waals surface area contributed by atoms with Gasteiger partial charge in [0.1, 0.15) is 23.3 Å². The van der Waals surface area contributed by atoms with Gasteiger partial charge >= 0.3 is 0 Å². The van der Waals surface area contributed by atoms with Gasteiger partial charge < -0.3 is 9.42 Å². The van der Waals surface area contributed by atoms with Gasteiger partial charge in [-0.25, -0.2) is 4.39 Å². The van der Waals surface area contributed by atoms with Gasteiger partial charge in [-0.1, -0.05) is 17.3 Å². The maximum Gasteiger partial charge on any atom is 0.244 e. The molecule has 0 saturated heterocycles. The lowest BCUT2D eigenvalue weighted by Gasteiger charge is -2.28. The Bertz CT molecular complexity index is 654. The first-order valence-electron chi connectivity index (χ1n) is 6.97. The van der Waals surface area contributed by atoms with Gasteiger partial charge in [0.25, 0.3) is 0 Å². The third-order valence-electron chi connectivity index (χ3n) is 3.37. The molecule has 1 aromatic carbocycles. The van der Waals surface area contributed by atoms with Crippen LogP contribution in [0.1, 0.15) is 23.1 Å². The minimum atomic E-state index is -0.548. The fourth-order valence-electron chi connectivity index (χ4n) is 2.36. The number of hydrogen-bond acceptors (Lipinski definition) is 4. The number of hydrogen-bond donors (Lipinski definition) is 0. The van der Waals surface area contributed by atoms with Crippen LogP contribution in [0.15, 0.2) is 34.9 Å². The van der Waals surface area contributed by atoms with Gasteiger partial charge in [-0.2, -0.15) is 0 Å². The SMILES string of the molecule is Cc1cc(CN(C)C(=O)[C@@H](c2cccc(F)c2)N(C)C)no1. The third-order valence-corrected chi connectivity index (χ3v) is 3.37. The second-order valence-corrected chi connectivity index (χ2v) is 5.54. The summed E-state index contributed by atoms with van der Waals surface area (Å²) in [5.74, 6) is 0.216. The predicted molar refractivity (Wildman–Crippen MR) is 80.5 cm³/mol. The first-order valence-corrected chi connectivity index (χ1v) is 6.97. The van der Waals surface area contributed by atoms with E-state index in [1.807, 2.05) is 0 Å². The number of likely N-dealkylation sites (N-methyl/N-ethyl adjacent to an activating group) is 2. The zero-order valence-corrected chi connectivity index (χ0v) is 13.2. The normalized spacial score (nSPS) is 12.5. The highest BCUT2D eigenvalue weighted by Crippen LogP contribution is 2.22. The molecule has 22 heavy (non-hydrogen) atoms. The molecule has 118 valence electrons. The van der Waals surface area contributed by atoms with E-state index in [0.717, 1.165) is 0 Å². The summed E-state index contributed by atoms with van der Waals surface area (Å²) >= 11 is 0. The van der Waals surface area contributed by atoms with Gasteiger partial charge in [0, 0.05) is 13.1 Å². The highest BCUT2D eigenvalue weighted by Gasteiger charge is 2.26. The van der Waals surface area contributed by atoms with Crippen LogP contribution in [-0.4, -0.2) is 42.0 Å². The number of halogens is 1. The number of aromatic nitrogens is 1. The van der Waals surface area contributed by atoms with Crippen LogP contribution in [-0.2, 0) is 11.3 Å². The average molecular weight is 305 g/mol. The Morgan fingerprint density at radius 2 is 2.05 bits per heavy atom. The van der Waals surface area contributed by atoms with Crippen molar-refractivity contribution in [3.05, 3.63) is 53.2 Å². The van der Waals surface area contributed by atoms with E-state index in [-0.39, 0.29) is 11.7 Å². The van der Waals surface area contributed by atoms with E-state index in [4.69, 9.17) is 4.52 Å². The lowest BCUT2D eigenvalue weighted by atomic mass is 10.0. The molecule has 0 bridgehead atoms. The van der Waals surface area contributed by atoms with E-state index in [1.54, 1.807) is 56.1 Å². The summed E-state index contributed by atoms with van der Waals surface area (Å²) in [4.78, 5) is 16.0. The van der Waals surface area contributed by atoms with Crippen LogP contribution in [0.2, 0.25) is 0 Å². The molecule has 2 rings (SSSR count). The second kappa shape index (κ2) is 6.70. The summed E-state index contributed by atoms with van der Waals surface area (Å²) in [6, 6.07) is 7.35. The number of carbonyl (C=O) groups is 1. The van der Waals surface area contributed by atoms with Crippen molar-refractivity contribution >= 4 is 5.91 Å². The number of nitrogens with zero attached hydrogens (tertiary/aromatic N) is 3. The molecule has 0 radical (unpaired) electrons. The first kappa shape index (κ1) is 16.2. The maximum atomic E-state index is 13.4. The molecule has 0 aliphatic heterocycles. The highest BCUT2D eigenvalue weighted by atomic mass is 19.1. The Morgan fingerprint density at radius 1 is 1.32 bits per heavy atom. The zero-order chi connectivity index (χ0) is 16.3. The van der Waals surface area contributed by atoms with Crippen LogP contribution in [0.25, 0.3) is 0 Å². The predicted octanol–water partition coefficient (Wildman–Crippen LogP) is 2.38. The Kier molecular flexibility index (Phi) is 4.92. The van der Waals surface area contributed by atoms with E-state index in [1.165, 1.54) is 12.1 Å². The van der Waals surface area contributed by atoms with Gasteiger partial charge in [0.05, 0.1) is 6.54 Å². The Balaban J connectivity index is 2.19. The Labute approximate surface area is 129 Å². The van der Waals surface area contributed by atoms with E-state index >= 15 is 0 Å². The van der Waals surface area contributed by atoms with Crippen LogP contribution < -0.4 is 0 Å². The molecule has 0 spiro atoms. The van der Waals surface area contributed by atoms with E-state index in [2.05, 4.69) is 5.16 Å². The molecular formula is C16H20FN3O2. The molecule has 0 aliphatic rings. The first-order chi connectivity index (χ1) is 10.4. The van der Waals surface area contributed by atoms with Crippen LogP contribution in [0, 0.1) is 12.7 Å². The molecule has 1 aromatic heterocycles. The van der Waals surface area contributed by atoms with Crippen LogP contribution in [0.4, 0.5) is 4.39 Å². The standard InChI is InChI=1S/C16H20FN3O2/c1-11-8-14(18-22-11)10-20(4)16(21)15(19(2)3)12-6-5-7-13(17)9-12/h5-9,15H,10H2,1-4H3/t15-/m1/s1. The summed E-state index contributed by atoms with van der Waals surface area (Å²) in [5, 5.41) is 3.89. The molecule has 1 atom stereocenters. The van der Waals surface area contributed by atoms with Gasteiger partial charge in [0.2, 0.25) is 5.91 Å². The molecular weight excluding hydrogens is 285 g/mol. The molecule has 0 N–H and O–H groups in total. The second-order valence-electron chi connectivity index (χ2n) is 5.54. The van der Waals surface area contributed by atoms with Crippen molar-refractivity contribution in [1.29, 1.82) is 0 Å². The topological polar surface area (TPSA) is 49.6 Å². The number of carbonyl (C=O) groups excluding carboxylic acids is 1. The van der Waals surface area contributed by atoms with Gasteiger partial charge in [0.15, 0.2) is 0 Å². The smallest absolute Gasteiger partial charge is 0.244 e. The minimum Gasteiger partial charge on any atom is -0.361 e. The number of aryl methyl sites for hydroxylation is 1. The monoisotopic (exact) mass is 305 g/mol. The van der Waals surface area contributed by atoms with Crippen molar-refractivity contribution < 1.29 is 13.7 Å². The minimum absolute atomic E-state index is 0.128. The summed E-state index contributed by atoms with van der Waals surface area (Å²) in [5.41, 5.74) is 1.31. The summed E-state index contributed by atoms with van der Waals surface area (Å²) in [6.45, 7) is 2.14. The largest absolute Gasteiger partial charge is 0.361 e. The van der Waals surface area contributed by atoms with Gasteiger partial charge in [-0.15, -0.1) is 0 Å². The quantitative estimate of drug-likeness (QED) is 0.851. The Morgan fingerprint density at radius 3 is 2.59 bits per heavy atom. The van der Waals surface area contributed by atoms with Crippen molar-refractivity contribution in [2.75, 3.05) is 21.1 Å². The molecule has 5 nitrogen and oxygen atoms in total. The van der Waals surface area contributed by atoms with Crippen molar-refractivity contribution in [1.82, 2.24) is 15.0 Å². The van der Waals surface area contributed by atoms with Crippen molar-refractivity contribution in [2.45, 2.75) is 19.5 Å². The van der Waals surface area contributed by atoms with Gasteiger partial charge in [-0.3, -0.25) is 9.69 Å². The van der Waals surface area contributed by atoms with E-state index < -0.39 is 6.04 Å².